The number of rotatable bonds is 3. The third-order valence-corrected chi connectivity index (χ3v) is 10.6. The average molecular weight is 516 g/mol. The lowest BCUT2D eigenvalue weighted by Crippen LogP contribution is -2.69. The molecule has 6 rings (SSSR count). The van der Waals surface area contributed by atoms with Crippen LogP contribution in [-0.2, 0) is 14.4 Å². The van der Waals surface area contributed by atoms with E-state index in [2.05, 4.69) is 0 Å². The molecule has 36 heavy (non-hydrogen) atoms. The molecule has 1 aromatic rings. The highest BCUT2D eigenvalue weighted by Gasteiger charge is 2.78. The van der Waals surface area contributed by atoms with Crippen molar-refractivity contribution in [1.82, 2.24) is 0 Å². The Balaban J connectivity index is 1.43. The van der Waals surface area contributed by atoms with Crippen LogP contribution in [0.2, 0.25) is 5.02 Å². The predicted octanol–water partition coefficient (Wildman–Crippen LogP) is 3.99. The summed E-state index contributed by atoms with van der Waals surface area (Å²) in [5.41, 5.74) is -3.86. The van der Waals surface area contributed by atoms with E-state index in [1.54, 1.807) is 30.2 Å². The number of alkyl halides is 1. The molecule has 0 spiro atoms. The highest BCUT2D eigenvalue weighted by atomic mass is 35.5. The number of anilines is 1. The van der Waals surface area contributed by atoms with E-state index < -0.39 is 46.5 Å². The summed E-state index contributed by atoms with van der Waals surface area (Å²) in [7, 11) is 0. The summed E-state index contributed by atoms with van der Waals surface area (Å²) in [5.74, 6) is -1.61. The van der Waals surface area contributed by atoms with Crippen LogP contribution in [0.25, 0.3) is 0 Å². The number of carbonyl (C=O) groups is 2. The van der Waals surface area contributed by atoms with Gasteiger partial charge in [-0.3, -0.25) is 19.5 Å². The fourth-order valence-electron chi connectivity index (χ4n) is 8.63. The Labute approximate surface area is 214 Å². The molecule has 6 nitrogen and oxygen atoms in total. The average Bonchev–Trinajstić information content (AvgIpc) is 3.34. The number of hydrogen-bond acceptors (Lipinski definition) is 6. The number of halogens is 2. The van der Waals surface area contributed by atoms with Gasteiger partial charge in [0.25, 0.3) is 0 Å². The Hall–Kier alpha value is -2.06. The summed E-state index contributed by atoms with van der Waals surface area (Å²) >= 11 is 6.05. The SMILES string of the molecule is CC12C=CC(=O)C=C1CCC1C3CC4CN(c5ccc(Cl)cc5)OC4(C(=O)CO)C3(C)CC(O)C12F. The molecule has 3 saturated carbocycles. The molecule has 8 unspecified atom stereocenters. The zero-order valence-corrected chi connectivity index (χ0v) is 21.2. The lowest BCUT2D eigenvalue weighted by Gasteiger charge is -2.62. The molecule has 8 heteroatoms. The zero-order chi connectivity index (χ0) is 25.7. The summed E-state index contributed by atoms with van der Waals surface area (Å²) in [4.78, 5) is 32.1. The molecular weight excluding hydrogens is 485 g/mol. The quantitative estimate of drug-likeness (QED) is 0.633. The van der Waals surface area contributed by atoms with Gasteiger partial charge >= 0.3 is 0 Å². The van der Waals surface area contributed by atoms with Gasteiger partial charge in [-0.1, -0.05) is 30.2 Å². The summed E-state index contributed by atoms with van der Waals surface area (Å²) in [6.45, 7) is 3.43. The molecule has 192 valence electrons. The number of Topliss-reactive ketones (excluding diaryl/α,β-unsaturated/α-hetero) is 1. The van der Waals surface area contributed by atoms with Crippen LogP contribution in [0.5, 0.6) is 0 Å². The molecule has 8 atom stereocenters. The van der Waals surface area contributed by atoms with Crippen LogP contribution in [0.15, 0.2) is 48.1 Å². The van der Waals surface area contributed by atoms with E-state index in [4.69, 9.17) is 16.4 Å². The monoisotopic (exact) mass is 515 g/mol. The van der Waals surface area contributed by atoms with Gasteiger partial charge in [0.1, 0.15) is 6.61 Å². The van der Waals surface area contributed by atoms with Gasteiger partial charge < -0.3 is 10.2 Å². The number of hydrogen-bond donors (Lipinski definition) is 2. The van der Waals surface area contributed by atoms with Gasteiger partial charge in [-0.15, -0.1) is 0 Å². The maximum absolute atomic E-state index is 17.4. The molecule has 4 aliphatic carbocycles. The number of ketones is 2. The molecular formula is C28H31ClFNO5. The second-order valence-corrected chi connectivity index (χ2v) is 12.1. The summed E-state index contributed by atoms with van der Waals surface area (Å²) < 4.78 is 17.4. The Kier molecular flexibility index (Phi) is 5.21. The van der Waals surface area contributed by atoms with Gasteiger partial charge in [-0.25, -0.2) is 4.39 Å². The van der Waals surface area contributed by atoms with E-state index >= 15 is 4.39 Å². The van der Waals surface area contributed by atoms with E-state index in [0.29, 0.717) is 30.8 Å². The van der Waals surface area contributed by atoms with Crippen LogP contribution in [0.4, 0.5) is 10.1 Å². The highest BCUT2D eigenvalue weighted by molar-refractivity contribution is 6.30. The van der Waals surface area contributed by atoms with Crippen LogP contribution < -0.4 is 5.06 Å². The third kappa shape index (κ3) is 2.78. The number of allylic oxidation sites excluding steroid dienone is 4. The van der Waals surface area contributed by atoms with Crippen molar-refractivity contribution in [3.63, 3.8) is 0 Å². The third-order valence-electron chi connectivity index (χ3n) is 10.3. The zero-order valence-electron chi connectivity index (χ0n) is 20.4. The van der Waals surface area contributed by atoms with Gasteiger partial charge in [0, 0.05) is 27.7 Å². The first-order valence-corrected chi connectivity index (χ1v) is 13.1. The van der Waals surface area contributed by atoms with E-state index in [0.717, 1.165) is 11.3 Å². The standard InChI is InChI=1S/C28H31ClFNO5/c1-25-10-9-20(33)11-16(25)3-8-21-22-12-17-14-31(19-6-4-18(29)5-7-19)36-28(17,24(35)15-32)26(22,2)13-23(34)27(21,25)30/h4-7,9-11,17,21-23,32,34H,3,8,12-15H2,1-2H3. The van der Waals surface area contributed by atoms with Crippen molar-refractivity contribution < 1.29 is 29.0 Å². The molecule has 0 bridgehead atoms. The van der Waals surface area contributed by atoms with Gasteiger partial charge in [0.05, 0.1) is 18.3 Å². The van der Waals surface area contributed by atoms with Crippen LogP contribution in [0, 0.1) is 28.6 Å². The van der Waals surface area contributed by atoms with Crippen molar-refractivity contribution in [2.45, 2.75) is 56.9 Å². The summed E-state index contributed by atoms with van der Waals surface area (Å²) in [5, 5.41) is 23.9. The minimum Gasteiger partial charge on any atom is -0.390 e. The molecule has 1 aromatic carbocycles. The summed E-state index contributed by atoms with van der Waals surface area (Å²) in [6.07, 6.45) is 4.79. The highest BCUT2D eigenvalue weighted by Crippen LogP contribution is 2.72. The fraction of sp³-hybridized carbons (Fsp3) is 0.571. The van der Waals surface area contributed by atoms with E-state index in [9.17, 15) is 19.8 Å². The second-order valence-electron chi connectivity index (χ2n) is 11.6. The topological polar surface area (TPSA) is 87.1 Å². The number of aliphatic hydroxyl groups is 2. The number of aliphatic hydroxyl groups excluding tert-OH is 2. The van der Waals surface area contributed by atoms with Gasteiger partial charge in [0.2, 0.25) is 0 Å². The molecule has 2 N–H and O–H groups in total. The summed E-state index contributed by atoms with van der Waals surface area (Å²) in [6, 6.07) is 7.12. The maximum atomic E-state index is 17.4. The smallest absolute Gasteiger partial charge is 0.193 e. The Morgan fingerprint density at radius 1 is 1.25 bits per heavy atom. The van der Waals surface area contributed by atoms with Crippen molar-refractivity contribution in [2.75, 3.05) is 18.2 Å². The molecule has 0 radical (unpaired) electrons. The van der Waals surface area contributed by atoms with Crippen LogP contribution >= 0.6 is 11.6 Å². The molecule has 1 heterocycles. The van der Waals surface area contributed by atoms with Crippen LogP contribution in [0.3, 0.4) is 0 Å². The molecule has 5 aliphatic rings. The Morgan fingerprint density at radius 2 is 1.97 bits per heavy atom. The molecule has 4 fully saturated rings. The van der Waals surface area contributed by atoms with E-state index in [-0.39, 0.29) is 24.0 Å². The first-order chi connectivity index (χ1) is 17.0. The van der Waals surface area contributed by atoms with Crippen molar-refractivity contribution in [1.29, 1.82) is 0 Å². The molecule has 0 amide bonds. The lowest BCUT2D eigenvalue weighted by molar-refractivity contribution is -0.223. The molecule has 0 aromatic heterocycles. The van der Waals surface area contributed by atoms with Gasteiger partial charge in [-0.2, -0.15) is 0 Å². The van der Waals surface area contributed by atoms with Gasteiger partial charge in [0.15, 0.2) is 22.8 Å². The Morgan fingerprint density at radius 3 is 2.67 bits per heavy atom. The number of nitrogens with zero attached hydrogens (tertiary/aromatic N) is 1. The number of hydroxylamine groups is 1. The Bertz CT molecular complexity index is 1200. The van der Waals surface area contributed by atoms with E-state index in [1.165, 1.54) is 12.2 Å². The number of benzene rings is 1. The maximum Gasteiger partial charge on any atom is 0.193 e. The second kappa shape index (κ2) is 7.73. The first kappa shape index (κ1) is 24.3. The number of fused-ring (bicyclic) bond motifs is 7. The van der Waals surface area contributed by atoms with Crippen molar-refractivity contribution in [3.05, 3.63) is 53.1 Å². The predicted molar refractivity (Wildman–Crippen MR) is 132 cm³/mol. The first-order valence-electron chi connectivity index (χ1n) is 12.7. The molecule has 1 aliphatic heterocycles. The van der Waals surface area contributed by atoms with Crippen molar-refractivity contribution >= 4 is 28.9 Å². The van der Waals surface area contributed by atoms with Crippen molar-refractivity contribution in [2.24, 2.45) is 28.6 Å². The van der Waals surface area contributed by atoms with Gasteiger partial charge in [-0.05, 0) is 74.9 Å². The largest absolute Gasteiger partial charge is 0.390 e. The fourth-order valence-corrected chi connectivity index (χ4v) is 8.76. The minimum atomic E-state index is -1.98. The lowest BCUT2D eigenvalue weighted by atomic mass is 9.44. The normalized spacial score (nSPS) is 45.0. The molecule has 1 saturated heterocycles. The van der Waals surface area contributed by atoms with Crippen molar-refractivity contribution in [3.8, 4) is 0 Å². The minimum absolute atomic E-state index is 0.0199. The van der Waals surface area contributed by atoms with Crippen LogP contribution in [-0.4, -0.2) is 52.3 Å². The number of carbonyl (C=O) groups excluding carboxylic acids is 2. The van der Waals surface area contributed by atoms with E-state index in [1.807, 2.05) is 19.1 Å². The van der Waals surface area contributed by atoms with Crippen LogP contribution in [0.1, 0.15) is 39.5 Å².